The van der Waals surface area contributed by atoms with Gasteiger partial charge in [0.05, 0.1) is 33.5 Å². The molecule has 2 N–H and O–H groups in total. The molecule has 1 saturated heterocycles. The van der Waals surface area contributed by atoms with Crippen LogP contribution in [0.3, 0.4) is 0 Å². The van der Waals surface area contributed by atoms with Crippen LogP contribution in [0.2, 0.25) is 0 Å². The van der Waals surface area contributed by atoms with E-state index in [0.29, 0.717) is 26.9 Å². The third-order valence-corrected chi connectivity index (χ3v) is 7.28. The van der Waals surface area contributed by atoms with Crippen LogP contribution in [0.4, 0.5) is 4.79 Å². The Bertz CT molecular complexity index is 1160. The molecule has 30 heavy (non-hydrogen) atoms. The summed E-state index contributed by atoms with van der Waals surface area (Å²) in [6.07, 6.45) is 1.57. The van der Waals surface area contributed by atoms with Gasteiger partial charge in [-0.3, -0.25) is 19.1 Å². The lowest BCUT2D eigenvalue weighted by Crippen LogP contribution is -2.54. The van der Waals surface area contributed by atoms with E-state index in [1.54, 1.807) is 36.6 Å². The maximum Gasteiger partial charge on any atom is 0.323 e. The number of fused-ring (bicyclic) bond motifs is 1. The molecule has 1 unspecified atom stereocenters. The van der Waals surface area contributed by atoms with Gasteiger partial charge in [-0.1, -0.05) is 17.9 Å². The Balaban J connectivity index is 1.64. The molecule has 0 aliphatic carbocycles. The first-order chi connectivity index (χ1) is 14.3. The number of amides is 4. The summed E-state index contributed by atoms with van der Waals surface area (Å²) >= 11 is 1.25. The summed E-state index contributed by atoms with van der Waals surface area (Å²) in [6.45, 7) is 0.189. The van der Waals surface area contributed by atoms with Gasteiger partial charge in [-0.05, 0) is 29.8 Å². The van der Waals surface area contributed by atoms with Gasteiger partial charge in [-0.15, -0.1) is 11.3 Å². The van der Waals surface area contributed by atoms with Crippen molar-refractivity contribution in [3.63, 3.8) is 0 Å². The summed E-state index contributed by atoms with van der Waals surface area (Å²) in [7, 11) is 0.388. The van der Waals surface area contributed by atoms with E-state index in [1.165, 1.54) is 23.3 Å². The number of methoxy groups -OCH3 is 1. The Morgan fingerprint density at radius 2 is 2.07 bits per heavy atom. The van der Waals surface area contributed by atoms with Crippen LogP contribution < -0.4 is 15.4 Å². The number of urea groups is 1. The third-order valence-electron chi connectivity index (χ3n) is 4.83. The number of carbonyl (C=O) groups excluding carboxylic acids is 3. The number of thiophene rings is 1. The van der Waals surface area contributed by atoms with E-state index in [1.807, 2.05) is 0 Å². The largest absolute Gasteiger partial charge is 0.497 e. The molecule has 2 aromatic rings. The summed E-state index contributed by atoms with van der Waals surface area (Å²) in [5.41, 5.74) is -0.272. The first-order valence-corrected chi connectivity index (χ1v) is 11.2. The number of benzene rings is 1. The van der Waals surface area contributed by atoms with Crippen LogP contribution in [0.15, 0.2) is 34.5 Å². The predicted molar refractivity (Wildman–Crippen MR) is 111 cm³/mol. The molecule has 1 aromatic heterocycles. The van der Waals surface area contributed by atoms with Crippen LogP contribution in [0.1, 0.15) is 20.8 Å². The lowest BCUT2D eigenvalue weighted by Gasteiger charge is -2.26. The predicted octanol–water partition coefficient (Wildman–Crippen LogP) is 1.08. The third kappa shape index (κ3) is 3.58. The molecule has 2 aliphatic rings. The molecule has 2 aliphatic heterocycles. The molecule has 2 atom stereocenters. The quantitative estimate of drug-likeness (QED) is 0.544. The summed E-state index contributed by atoms with van der Waals surface area (Å²) in [5.74, 6) is 5.41. The normalized spacial score (nSPS) is 20.9. The lowest BCUT2D eigenvalue weighted by molar-refractivity contribution is -0.122. The van der Waals surface area contributed by atoms with Gasteiger partial charge in [-0.25, -0.2) is 4.79 Å². The zero-order chi connectivity index (χ0) is 21.5. The number of carbonyl (C=O) groups is 3. The standard InChI is InChI=1S/C20H17N3O5S2/c1-28-13-4-3-12-10-23(17(24)15(12)9-13)11-20(18(25)21-19(26)22-20)8-7-14-5-6-16(29-14)30(2)27/h3-6,9H,10-11H2,1-2H3,(H2,21,22,25,26)/t20-,30?/m1/s1. The highest BCUT2D eigenvalue weighted by Gasteiger charge is 2.48. The minimum absolute atomic E-state index is 0.106. The second kappa shape index (κ2) is 7.59. The van der Waals surface area contributed by atoms with E-state index in [4.69, 9.17) is 4.74 Å². The van der Waals surface area contributed by atoms with Crippen LogP contribution in [0.5, 0.6) is 5.75 Å². The average Bonchev–Trinajstić information content (AvgIpc) is 3.38. The van der Waals surface area contributed by atoms with Crippen LogP contribution in [-0.4, -0.2) is 52.4 Å². The smallest absolute Gasteiger partial charge is 0.323 e. The van der Waals surface area contributed by atoms with E-state index in [0.717, 1.165) is 5.56 Å². The van der Waals surface area contributed by atoms with E-state index < -0.39 is 28.3 Å². The molecule has 0 bridgehead atoms. The Morgan fingerprint density at radius 1 is 1.27 bits per heavy atom. The molecule has 154 valence electrons. The summed E-state index contributed by atoms with van der Waals surface area (Å²) < 4.78 is 17.4. The number of imide groups is 1. The topological polar surface area (TPSA) is 105 Å². The van der Waals surface area contributed by atoms with Gasteiger partial charge in [0.2, 0.25) is 5.54 Å². The van der Waals surface area contributed by atoms with Crippen molar-refractivity contribution in [3.05, 3.63) is 46.3 Å². The summed E-state index contributed by atoms with van der Waals surface area (Å²) in [5, 5.41) is 4.77. The molecule has 4 amide bonds. The van der Waals surface area contributed by atoms with E-state index in [9.17, 15) is 18.6 Å². The minimum atomic E-state index is -1.58. The monoisotopic (exact) mass is 443 g/mol. The Kier molecular flexibility index (Phi) is 5.09. The van der Waals surface area contributed by atoms with Gasteiger partial charge in [0.15, 0.2) is 0 Å². The maximum absolute atomic E-state index is 12.9. The van der Waals surface area contributed by atoms with Crippen LogP contribution in [0.25, 0.3) is 0 Å². The van der Waals surface area contributed by atoms with Crippen LogP contribution in [-0.2, 0) is 22.1 Å². The Morgan fingerprint density at radius 3 is 2.70 bits per heavy atom. The van der Waals surface area contributed by atoms with Crippen molar-refractivity contribution >= 4 is 40.0 Å². The number of nitrogens with zero attached hydrogens (tertiary/aromatic N) is 1. The second-order valence-corrected chi connectivity index (χ2v) is 9.51. The summed E-state index contributed by atoms with van der Waals surface area (Å²) in [4.78, 5) is 39.4. The van der Waals surface area contributed by atoms with Gasteiger partial charge in [0.25, 0.3) is 11.8 Å². The highest BCUT2D eigenvalue weighted by atomic mass is 32.2. The Labute approximate surface area is 179 Å². The van der Waals surface area contributed by atoms with Gasteiger partial charge in [0, 0.05) is 18.4 Å². The maximum atomic E-state index is 12.9. The van der Waals surface area contributed by atoms with Gasteiger partial charge >= 0.3 is 6.03 Å². The molecule has 3 heterocycles. The molecular weight excluding hydrogens is 426 g/mol. The van der Waals surface area contributed by atoms with Crippen molar-refractivity contribution in [1.82, 2.24) is 15.5 Å². The first-order valence-electron chi connectivity index (χ1n) is 8.87. The zero-order valence-electron chi connectivity index (χ0n) is 16.1. The zero-order valence-corrected chi connectivity index (χ0v) is 17.7. The Hall–Kier alpha value is -3.16. The van der Waals surface area contributed by atoms with Crippen molar-refractivity contribution in [2.45, 2.75) is 16.3 Å². The number of rotatable bonds is 4. The fourth-order valence-corrected chi connectivity index (χ4v) is 4.91. The fraction of sp³-hybridized carbons (Fsp3) is 0.250. The van der Waals surface area contributed by atoms with E-state index in [-0.39, 0.29) is 12.5 Å². The average molecular weight is 444 g/mol. The molecule has 1 aromatic carbocycles. The van der Waals surface area contributed by atoms with Crippen molar-refractivity contribution in [1.29, 1.82) is 0 Å². The van der Waals surface area contributed by atoms with Crippen molar-refractivity contribution in [2.75, 3.05) is 19.9 Å². The SMILES string of the molecule is COc1ccc2c(c1)C(=O)N(C[C@@]1(C#Cc3ccc(S(C)=O)s3)NC(=O)NC1=O)C2. The molecule has 1 fully saturated rings. The summed E-state index contributed by atoms with van der Waals surface area (Å²) in [6, 6.07) is 7.97. The highest BCUT2D eigenvalue weighted by molar-refractivity contribution is 7.86. The van der Waals surface area contributed by atoms with Crippen LogP contribution in [0, 0.1) is 11.8 Å². The van der Waals surface area contributed by atoms with Gasteiger partial charge < -0.3 is 15.0 Å². The second-order valence-electron chi connectivity index (χ2n) is 6.82. The number of hydrogen-bond acceptors (Lipinski definition) is 6. The number of hydrogen-bond donors (Lipinski definition) is 2. The molecule has 4 rings (SSSR count). The molecule has 0 saturated carbocycles. The molecule has 10 heteroatoms. The van der Waals surface area contributed by atoms with Crippen molar-refractivity contribution < 1.29 is 23.3 Å². The highest BCUT2D eigenvalue weighted by Crippen LogP contribution is 2.28. The lowest BCUT2D eigenvalue weighted by atomic mass is 9.99. The molecule has 0 spiro atoms. The van der Waals surface area contributed by atoms with Gasteiger partial charge in [-0.2, -0.15) is 0 Å². The van der Waals surface area contributed by atoms with Gasteiger partial charge in [0.1, 0.15) is 5.75 Å². The van der Waals surface area contributed by atoms with Crippen molar-refractivity contribution in [3.8, 4) is 17.6 Å². The minimum Gasteiger partial charge on any atom is -0.497 e. The number of nitrogens with one attached hydrogen (secondary N) is 2. The molecular formula is C20H17N3O5S2. The molecule has 8 nitrogen and oxygen atoms in total. The van der Waals surface area contributed by atoms with E-state index in [2.05, 4.69) is 22.5 Å². The fourth-order valence-electron chi connectivity index (χ4n) is 3.32. The van der Waals surface area contributed by atoms with Crippen LogP contribution >= 0.6 is 11.3 Å². The van der Waals surface area contributed by atoms with Crippen molar-refractivity contribution in [2.24, 2.45) is 0 Å². The van der Waals surface area contributed by atoms with E-state index >= 15 is 0 Å². The molecule has 0 radical (unpaired) electrons. The first kappa shape index (κ1) is 20.1. The number of ether oxygens (including phenoxy) is 1.